The van der Waals surface area contributed by atoms with Gasteiger partial charge < -0.3 is 14.2 Å². The van der Waals surface area contributed by atoms with E-state index in [1.54, 1.807) is 19.3 Å². The lowest BCUT2D eigenvalue weighted by molar-refractivity contribution is -0.129. The minimum Gasteiger partial charge on any atom is -0.493 e. The van der Waals surface area contributed by atoms with Gasteiger partial charge in [-0.2, -0.15) is 0 Å². The van der Waals surface area contributed by atoms with Gasteiger partial charge in [0.05, 0.1) is 7.11 Å². The first-order chi connectivity index (χ1) is 16.6. The molecule has 0 amide bonds. The van der Waals surface area contributed by atoms with Gasteiger partial charge in [-0.1, -0.05) is 70.5 Å². The van der Waals surface area contributed by atoms with Crippen LogP contribution >= 0.6 is 15.9 Å². The summed E-state index contributed by atoms with van der Waals surface area (Å²) in [7, 11) is 1.58. The molecule has 34 heavy (non-hydrogen) atoms. The third-order valence-electron chi connectivity index (χ3n) is 5.45. The second-order valence-electron chi connectivity index (χ2n) is 7.69. The van der Waals surface area contributed by atoms with Crippen LogP contribution in [0.2, 0.25) is 0 Å². The molecule has 5 nitrogen and oxygen atoms in total. The van der Waals surface area contributed by atoms with Crippen molar-refractivity contribution in [1.82, 2.24) is 0 Å². The fourth-order valence-electron chi connectivity index (χ4n) is 3.68. The molecular weight excluding hydrogens is 494 g/mol. The number of benzene rings is 4. The van der Waals surface area contributed by atoms with Crippen LogP contribution in [0.5, 0.6) is 11.5 Å². The summed E-state index contributed by atoms with van der Waals surface area (Å²) in [4.78, 5) is 16.9. The standard InChI is InChI=1S/C28H20BrNO4/c1-32-26-15-18(10-13-25(26)33-17-22-8-4-5-9-23(22)29)14-24-28(31)34-27(30-24)21-12-11-19-6-2-3-7-20(19)16-21/h2-16H,17H2,1H3/b24-14-. The molecule has 4 aromatic rings. The molecule has 0 atom stereocenters. The number of ether oxygens (including phenoxy) is 3. The summed E-state index contributed by atoms with van der Waals surface area (Å²) >= 11 is 3.53. The first-order valence-electron chi connectivity index (χ1n) is 10.7. The number of hydrogen-bond acceptors (Lipinski definition) is 5. The fourth-order valence-corrected chi connectivity index (χ4v) is 4.08. The van der Waals surface area contributed by atoms with Crippen LogP contribution in [-0.4, -0.2) is 19.0 Å². The monoisotopic (exact) mass is 513 g/mol. The average molecular weight is 514 g/mol. The van der Waals surface area contributed by atoms with Crippen molar-refractivity contribution < 1.29 is 19.0 Å². The van der Waals surface area contributed by atoms with Crippen molar-refractivity contribution in [3.63, 3.8) is 0 Å². The Balaban J connectivity index is 1.38. The summed E-state index contributed by atoms with van der Waals surface area (Å²) in [5.41, 5.74) is 2.76. The van der Waals surface area contributed by atoms with Crippen molar-refractivity contribution in [2.24, 2.45) is 4.99 Å². The molecule has 0 aliphatic carbocycles. The van der Waals surface area contributed by atoms with Gasteiger partial charge in [0.25, 0.3) is 0 Å². The lowest BCUT2D eigenvalue weighted by atomic mass is 10.1. The van der Waals surface area contributed by atoms with Gasteiger partial charge in [-0.05, 0) is 52.7 Å². The maximum Gasteiger partial charge on any atom is 0.363 e. The number of cyclic esters (lactones) is 1. The van der Waals surface area contributed by atoms with E-state index < -0.39 is 5.97 Å². The summed E-state index contributed by atoms with van der Waals surface area (Å²) in [5.74, 6) is 0.972. The number of rotatable bonds is 6. The van der Waals surface area contributed by atoms with Crippen LogP contribution < -0.4 is 9.47 Å². The van der Waals surface area contributed by atoms with Crippen LogP contribution in [0, 0.1) is 0 Å². The quantitative estimate of drug-likeness (QED) is 0.217. The minimum absolute atomic E-state index is 0.229. The minimum atomic E-state index is -0.489. The molecular formula is C28H20BrNO4. The van der Waals surface area contributed by atoms with E-state index in [2.05, 4.69) is 20.9 Å². The summed E-state index contributed by atoms with van der Waals surface area (Å²) in [6, 6.07) is 27.2. The number of halogens is 1. The SMILES string of the molecule is COc1cc(/C=C2\N=C(c3ccc4ccccc4c3)OC2=O)ccc1OCc1ccccc1Br. The highest BCUT2D eigenvalue weighted by Crippen LogP contribution is 2.31. The smallest absolute Gasteiger partial charge is 0.363 e. The predicted octanol–water partition coefficient (Wildman–Crippen LogP) is 6.53. The lowest BCUT2D eigenvalue weighted by Crippen LogP contribution is -2.05. The average Bonchev–Trinajstić information content (AvgIpc) is 3.23. The number of aliphatic imine (C=N–C) groups is 1. The Kier molecular flexibility index (Phi) is 6.14. The van der Waals surface area contributed by atoms with Crippen LogP contribution in [0.4, 0.5) is 0 Å². The number of methoxy groups -OCH3 is 1. The summed E-state index contributed by atoms with van der Waals surface area (Å²) in [6.07, 6.45) is 1.68. The third-order valence-corrected chi connectivity index (χ3v) is 6.22. The molecule has 0 N–H and O–H groups in total. The van der Waals surface area contributed by atoms with Crippen molar-refractivity contribution in [3.05, 3.63) is 112 Å². The van der Waals surface area contributed by atoms with Gasteiger partial charge in [0.2, 0.25) is 5.90 Å². The van der Waals surface area contributed by atoms with E-state index in [1.165, 1.54) is 0 Å². The predicted molar refractivity (Wildman–Crippen MR) is 136 cm³/mol. The van der Waals surface area contributed by atoms with Crippen molar-refractivity contribution in [1.29, 1.82) is 0 Å². The molecule has 0 spiro atoms. The van der Waals surface area contributed by atoms with Gasteiger partial charge in [0, 0.05) is 15.6 Å². The van der Waals surface area contributed by atoms with Gasteiger partial charge in [0.15, 0.2) is 17.2 Å². The van der Waals surface area contributed by atoms with Gasteiger partial charge >= 0.3 is 5.97 Å². The number of fused-ring (bicyclic) bond motifs is 1. The molecule has 0 saturated heterocycles. The number of esters is 1. The van der Waals surface area contributed by atoms with Crippen molar-refractivity contribution in [2.45, 2.75) is 6.61 Å². The van der Waals surface area contributed by atoms with E-state index in [0.29, 0.717) is 24.0 Å². The Morgan fingerprint density at radius 1 is 0.912 bits per heavy atom. The molecule has 0 bridgehead atoms. The maximum atomic E-state index is 12.5. The van der Waals surface area contributed by atoms with E-state index in [4.69, 9.17) is 14.2 Å². The molecule has 6 heteroatoms. The van der Waals surface area contributed by atoms with E-state index in [0.717, 1.165) is 31.9 Å². The molecule has 5 rings (SSSR count). The Hall–Kier alpha value is -3.90. The molecule has 0 radical (unpaired) electrons. The molecule has 0 saturated carbocycles. The number of carbonyl (C=O) groups excluding carboxylic acids is 1. The highest BCUT2D eigenvalue weighted by atomic mass is 79.9. The molecule has 1 heterocycles. The molecule has 1 aliphatic heterocycles. The highest BCUT2D eigenvalue weighted by Gasteiger charge is 2.24. The normalized spacial score (nSPS) is 14.2. The van der Waals surface area contributed by atoms with Crippen molar-refractivity contribution in [2.75, 3.05) is 7.11 Å². The summed E-state index contributed by atoms with van der Waals surface area (Å²) in [5, 5.41) is 2.17. The molecule has 0 fully saturated rings. The lowest BCUT2D eigenvalue weighted by Gasteiger charge is -2.12. The van der Waals surface area contributed by atoms with Crippen molar-refractivity contribution >= 4 is 44.6 Å². The van der Waals surface area contributed by atoms with E-state index in [9.17, 15) is 4.79 Å². The fraction of sp³-hybridized carbons (Fsp3) is 0.0714. The maximum absolute atomic E-state index is 12.5. The van der Waals surface area contributed by atoms with Crippen LogP contribution in [0.1, 0.15) is 16.7 Å². The Morgan fingerprint density at radius 3 is 2.53 bits per heavy atom. The number of carbonyl (C=O) groups is 1. The zero-order valence-corrected chi connectivity index (χ0v) is 19.9. The Morgan fingerprint density at radius 2 is 1.71 bits per heavy atom. The van der Waals surface area contributed by atoms with Crippen LogP contribution in [0.3, 0.4) is 0 Å². The van der Waals surface area contributed by atoms with Crippen LogP contribution in [0.15, 0.2) is 100 Å². The second-order valence-corrected chi connectivity index (χ2v) is 8.54. The van der Waals surface area contributed by atoms with Crippen molar-refractivity contribution in [3.8, 4) is 11.5 Å². The largest absolute Gasteiger partial charge is 0.493 e. The highest BCUT2D eigenvalue weighted by molar-refractivity contribution is 9.10. The van der Waals surface area contributed by atoms with Gasteiger partial charge in [-0.3, -0.25) is 0 Å². The van der Waals surface area contributed by atoms with Crippen LogP contribution in [-0.2, 0) is 16.1 Å². The molecule has 168 valence electrons. The Bertz CT molecular complexity index is 1460. The van der Waals surface area contributed by atoms with E-state index in [-0.39, 0.29) is 5.70 Å². The zero-order valence-electron chi connectivity index (χ0n) is 18.3. The zero-order chi connectivity index (χ0) is 23.5. The summed E-state index contributed by atoms with van der Waals surface area (Å²) in [6.45, 7) is 0.393. The van der Waals surface area contributed by atoms with Gasteiger partial charge in [0.1, 0.15) is 6.61 Å². The summed E-state index contributed by atoms with van der Waals surface area (Å²) < 4.78 is 17.9. The molecule has 0 aromatic heterocycles. The number of hydrogen-bond donors (Lipinski definition) is 0. The molecule has 0 unspecified atom stereocenters. The molecule has 4 aromatic carbocycles. The Labute approximate surface area is 205 Å². The topological polar surface area (TPSA) is 57.1 Å². The van der Waals surface area contributed by atoms with Gasteiger partial charge in [-0.25, -0.2) is 9.79 Å². The first-order valence-corrected chi connectivity index (χ1v) is 11.5. The molecule has 1 aliphatic rings. The van der Waals surface area contributed by atoms with Crippen LogP contribution in [0.25, 0.3) is 16.8 Å². The third kappa shape index (κ3) is 4.58. The number of nitrogens with zero attached hydrogens (tertiary/aromatic N) is 1. The van der Waals surface area contributed by atoms with Gasteiger partial charge in [-0.15, -0.1) is 0 Å². The first kappa shape index (κ1) is 21.9. The second kappa shape index (κ2) is 9.53. The van der Waals surface area contributed by atoms with E-state index >= 15 is 0 Å². The van der Waals surface area contributed by atoms with E-state index in [1.807, 2.05) is 78.9 Å².